The molecule has 48 valence electrons. The molecule has 1 unspecified atom stereocenters. The van der Waals surface area contributed by atoms with E-state index >= 15 is 0 Å². The van der Waals surface area contributed by atoms with Crippen LogP contribution in [0, 0.1) is 0 Å². The molecule has 2 aliphatic heterocycles. The van der Waals surface area contributed by atoms with Gasteiger partial charge in [0.1, 0.15) is 0 Å². The fourth-order valence-electron chi connectivity index (χ4n) is 0.834. The summed E-state index contributed by atoms with van der Waals surface area (Å²) < 4.78 is 2.88. The SMILES string of the molecule is C(CN1CC1)C1C[I-]1. The first-order chi connectivity index (χ1) is 3.95. The van der Waals surface area contributed by atoms with Gasteiger partial charge in [-0.1, -0.05) is 0 Å². The van der Waals surface area contributed by atoms with Gasteiger partial charge in [0.25, 0.3) is 0 Å². The third-order valence-electron chi connectivity index (χ3n) is 1.67. The van der Waals surface area contributed by atoms with E-state index in [1.165, 1.54) is 30.0 Å². The molecular formula is C6H11IN-. The van der Waals surface area contributed by atoms with Gasteiger partial charge in [0.2, 0.25) is 0 Å². The predicted molar refractivity (Wildman–Crippen MR) is 29.7 cm³/mol. The predicted octanol–water partition coefficient (Wildman–Crippen LogP) is -2.84. The van der Waals surface area contributed by atoms with E-state index in [1.54, 1.807) is 4.43 Å². The second-order valence-corrected chi connectivity index (χ2v) is 6.06. The Hall–Kier alpha value is 0.690. The van der Waals surface area contributed by atoms with Crippen LogP contribution in [-0.4, -0.2) is 32.9 Å². The van der Waals surface area contributed by atoms with Crippen LogP contribution in [0.25, 0.3) is 0 Å². The number of hydrogen-bond acceptors (Lipinski definition) is 1. The topological polar surface area (TPSA) is 3.01 Å². The zero-order valence-corrected chi connectivity index (χ0v) is 7.10. The van der Waals surface area contributed by atoms with Crippen LogP contribution in [-0.2, 0) is 0 Å². The van der Waals surface area contributed by atoms with Crippen molar-refractivity contribution in [1.82, 2.24) is 4.90 Å². The zero-order valence-electron chi connectivity index (χ0n) is 4.94. The molecule has 8 heavy (non-hydrogen) atoms. The van der Waals surface area contributed by atoms with Gasteiger partial charge in [-0.05, 0) is 0 Å². The minimum absolute atomic E-state index is 0.743. The Labute approximate surface area is 60.7 Å². The number of alkyl halides is 2. The van der Waals surface area contributed by atoms with Crippen molar-refractivity contribution >= 4 is 0 Å². The molecule has 0 aromatic heterocycles. The maximum absolute atomic E-state index is 2.53. The van der Waals surface area contributed by atoms with Gasteiger partial charge in [-0.2, -0.15) is 0 Å². The van der Waals surface area contributed by atoms with E-state index in [1.807, 2.05) is 0 Å². The number of halogens is 1. The third-order valence-corrected chi connectivity index (χ3v) is 4.42. The zero-order chi connectivity index (χ0) is 5.40. The average Bonchev–Trinajstić information content (AvgIpc) is 2.60. The van der Waals surface area contributed by atoms with Crippen LogP contribution in [0.3, 0.4) is 0 Å². The fourth-order valence-corrected chi connectivity index (χ4v) is 2.35. The Balaban J connectivity index is 1.56. The van der Waals surface area contributed by atoms with Crippen LogP contribution >= 0.6 is 0 Å². The fraction of sp³-hybridized carbons (Fsp3) is 1.00. The summed E-state index contributed by atoms with van der Waals surface area (Å²) in [6.07, 6.45) is 1.54. The monoisotopic (exact) mass is 224 g/mol. The van der Waals surface area contributed by atoms with Crippen LogP contribution < -0.4 is 21.2 Å². The molecule has 0 bridgehead atoms. The summed E-state index contributed by atoms with van der Waals surface area (Å²) >= 11 is 0.743. The van der Waals surface area contributed by atoms with Crippen molar-refractivity contribution in [3.8, 4) is 0 Å². The van der Waals surface area contributed by atoms with Gasteiger partial charge in [0.15, 0.2) is 0 Å². The van der Waals surface area contributed by atoms with Crippen molar-refractivity contribution in [2.24, 2.45) is 0 Å². The van der Waals surface area contributed by atoms with Crippen molar-refractivity contribution < 1.29 is 21.2 Å². The van der Waals surface area contributed by atoms with E-state index in [4.69, 9.17) is 0 Å². The van der Waals surface area contributed by atoms with Gasteiger partial charge in [-0.3, -0.25) is 0 Å². The summed E-state index contributed by atoms with van der Waals surface area (Å²) in [4.78, 5) is 2.53. The summed E-state index contributed by atoms with van der Waals surface area (Å²) in [5.74, 6) is 0. The molecule has 0 N–H and O–H groups in total. The first-order valence-electron chi connectivity index (χ1n) is 3.25. The molecule has 0 aliphatic carbocycles. The summed E-state index contributed by atoms with van der Waals surface area (Å²) in [6, 6.07) is 0. The van der Waals surface area contributed by atoms with Crippen LogP contribution in [0.15, 0.2) is 0 Å². The van der Waals surface area contributed by atoms with Crippen LogP contribution in [0.2, 0.25) is 0 Å². The Morgan fingerprint density at radius 1 is 1.50 bits per heavy atom. The third kappa shape index (κ3) is 1.58. The molecule has 2 aliphatic rings. The number of nitrogens with zero attached hydrogens (tertiary/aromatic N) is 1. The first kappa shape index (κ1) is 5.47. The van der Waals surface area contributed by atoms with Gasteiger partial charge < -0.3 is 0 Å². The van der Waals surface area contributed by atoms with E-state index < -0.39 is 0 Å². The Bertz CT molecular complexity index is 74.5. The van der Waals surface area contributed by atoms with Gasteiger partial charge in [-0.15, -0.1) is 0 Å². The van der Waals surface area contributed by atoms with Gasteiger partial charge in [0.05, 0.1) is 0 Å². The molecular weight excluding hydrogens is 213 g/mol. The molecule has 2 fully saturated rings. The maximum atomic E-state index is 2.53. The Morgan fingerprint density at radius 3 is 2.75 bits per heavy atom. The molecule has 0 spiro atoms. The summed E-state index contributed by atoms with van der Waals surface area (Å²) in [7, 11) is 0. The molecule has 2 rings (SSSR count). The molecule has 2 heteroatoms. The van der Waals surface area contributed by atoms with E-state index in [9.17, 15) is 0 Å². The second kappa shape index (κ2) is 2.14. The molecule has 1 nitrogen and oxygen atoms in total. The van der Waals surface area contributed by atoms with Crippen molar-refractivity contribution in [3.63, 3.8) is 0 Å². The number of rotatable bonds is 3. The van der Waals surface area contributed by atoms with Crippen molar-refractivity contribution in [1.29, 1.82) is 0 Å². The molecule has 0 radical (unpaired) electrons. The Kier molecular flexibility index (Phi) is 1.46. The van der Waals surface area contributed by atoms with Crippen molar-refractivity contribution in [2.75, 3.05) is 24.1 Å². The molecule has 1 atom stereocenters. The number of hydrogen-bond donors (Lipinski definition) is 0. The summed E-state index contributed by atoms with van der Waals surface area (Å²) in [5.41, 5.74) is 0. The van der Waals surface area contributed by atoms with E-state index in [2.05, 4.69) is 4.90 Å². The van der Waals surface area contributed by atoms with E-state index in [-0.39, 0.29) is 0 Å². The molecule has 0 aromatic rings. The van der Waals surface area contributed by atoms with Crippen LogP contribution in [0.5, 0.6) is 0 Å². The van der Waals surface area contributed by atoms with E-state index in [0.29, 0.717) is 0 Å². The molecule has 0 saturated carbocycles. The van der Waals surface area contributed by atoms with Crippen LogP contribution in [0.1, 0.15) is 6.42 Å². The van der Waals surface area contributed by atoms with Crippen molar-refractivity contribution in [2.45, 2.75) is 10.3 Å². The standard InChI is InChI=1S/C6H11IN/c1(6-5-7-6)2-8-3-4-8/h6H,1-5H2/q-1. The summed E-state index contributed by atoms with van der Waals surface area (Å²) in [6.45, 7) is 4.21. The van der Waals surface area contributed by atoms with Gasteiger partial charge >= 0.3 is 60.5 Å². The second-order valence-electron chi connectivity index (χ2n) is 2.54. The van der Waals surface area contributed by atoms with Gasteiger partial charge in [-0.25, -0.2) is 0 Å². The van der Waals surface area contributed by atoms with Crippen LogP contribution in [0.4, 0.5) is 0 Å². The molecule has 0 amide bonds. The quantitative estimate of drug-likeness (QED) is 0.283. The molecule has 2 heterocycles. The minimum atomic E-state index is 0.743. The van der Waals surface area contributed by atoms with Gasteiger partial charge in [0, 0.05) is 0 Å². The molecule has 0 aromatic carbocycles. The normalized spacial score (nSPS) is 36.2. The summed E-state index contributed by atoms with van der Waals surface area (Å²) in [5, 5.41) is 0. The molecule has 2 saturated heterocycles. The Morgan fingerprint density at radius 2 is 2.25 bits per heavy atom. The average molecular weight is 224 g/mol. The van der Waals surface area contributed by atoms with Crippen molar-refractivity contribution in [3.05, 3.63) is 0 Å². The van der Waals surface area contributed by atoms with E-state index in [0.717, 1.165) is 21.2 Å². The first-order valence-corrected chi connectivity index (χ1v) is 6.02.